The Morgan fingerprint density at radius 1 is 1.15 bits per heavy atom. The largest absolute Gasteiger partial charge is 0.468 e. The van der Waals surface area contributed by atoms with Crippen LogP contribution in [0, 0.1) is 0 Å². The topological polar surface area (TPSA) is 47.0 Å². The van der Waals surface area contributed by atoms with Gasteiger partial charge in [0.25, 0.3) is 0 Å². The minimum Gasteiger partial charge on any atom is -0.468 e. The van der Waals surface area contributed by atoms with Crippen molar-refractivity contribution in [1.82, 2.24) is 15.3 Å². The zero-order valence-electron chi connectivity index (χ0n) is 11.0. The number of hydrogen-bond acceptors (Lipinski definition) is 4. The van der Waals surface area contributed by atoms with Crippen LogP contribution in [0.3, 0.4) is 0 Å². The minimum absolute atomic E-state index is 0.123. The summed E-state index contributed by atoms with van der Waals surface area (Å²) in [5.41, 5.74) is 1.56. The lowest BCUT2D eigenvalue weighted by molar-refractivity contribution is -0.154. The van der Waals surface area contributed by atoms with E-state index in [2.05, 4.69) is 15.3 Å². The summed E-state index contributed by atoms with van der Waals surface area (Å²) in [6, 6.07) is 0. The molecule has 7 heteroatoms. The third kappa shape index (κ3) is 3.20. The van der Waals surface area contributed by atoms with Crippen LogP contribution < -0.4 is 10.1 Å². The Morgan fingerprint density at radius 3 is 2.60 bits per heavy atom. The molecule has 2 heterocycles. The van der Waals surface area contributed by atoms with Gasteiger partial charge in [-0.3, -0.25) is 0 Å². The van der Waals surface area contributed by atoms with Gasteiger partial charge in [-0.1, -0.05) is 0 Å². The number of ether oxygens (including phenoxy) is 1. The molecule has 0 unspecified atom stereocenters. The van der Waals surface area contributed by atoms with Crippen LogP contribution in [0.15, 0.2) is 0 Å². The van der Waals surface area contributed by atoms with Crippen molar-refractivity contribution >= 4 is 0 Å². The Hall–Kier alpha value is -1.37. The van der Waals surface area contributed by atoms with Crippen LogP contribution in [0.1, 0.15) is 35.8 Å². The van der Waals surface area contributed by atoms with E-state index in [9.17, 15) is 13.2 Å². The molecular formula is C13H16F3N3O. The molecule has 0 bridgehead atoms. The van der Waals surface area contributed by atoms with E-state index in [1.807, 2.05) is 0 Å². The van der Waals surface area contributed by atoms with Gasteiger partial charge in [-0.25, -0.2) is 4.98 Å². The van der Waals surface area contributed by atoms with Crippen LogP contribution in [0.4, 0.5) is 13.2 Å². The van der Waals surface area contributed by atoms with Crippen LogP contribution >= 0.6 is 0 Å². The summed E-state index contributed by atoms with van der Waals surface area (Å²) in [4.78, 5) is 8.76. The smallest absolute Gasteiger partial charge is 0.422 e. The first kappa shape index (κ1) is 13.6. The SMILES string of the molecule is FC(F)(F)COc1nc(C2CC2)nc2c1CCNCC2. The van der Waals surface area contributed by atoms with Crippen LogP contribution in [-0.2, 0) is 12.8 Å². The number of hydrogen-bond donors (Lipinski definition) is 1. The van der Waals surface area contributed by atoms with Crippen molar-refractivity contribution < 1.29 is 17.9 Å². The van der Waals surface area contributed by atoms with E-state index >= 15 is 0 Å². The lowest BCUT2D eigenvalue weighted by Gasteiger charge is -2.14. The second-order valence-electron chi connectivity index (χ2n) is 5.24. The molecule has 20 heavy (non-hydrogen) atoms. The number of nitrogens with zero attached hydrogens (tertiary/aromatic N) is 2. The molecular weight excluding hydrogens is 271 g/mol. The highest BCUT2D eigenvalue weighted by Crippen LogP contribution is 2.39. The van der Waals surface area contributed by atoms with Gasteiger partial charge in [0.1, 0.15) is 5.82 Å². The monoisotopic (exact) mass is 287 g/mol. The predicted octanol–water partition coefficient (Wildman–Crippen LogP) is 1.98. The maximum atomic E-state index is 12.3. The average molecular weight is 287 g/mol. The standard InChI is InChI=1S/C13H16F3N3O/c14-13(15,16)7-20-12-9-3-5-17-6-4-10(9)18-11(19-12)8-1-2-8/h8,17H,1-7H2. The van der Waals surface area contributed by atoms with Gasteiger partial charge in [0.15, 0.2) is 6.61 Å². The zero-order chi connectivity index (χ0) is 14.2. The van der Waals surface area contributed by atoms with Crippen LogP contribution in [0.25, 0.3) is 0 Å². The first-order valence-corrected chi connectivity index (χ1v) is 6.83. The van der Waals surface area contributed by atoms with E-state index in [0.29, 0.717) is 31.1 Å². The quantitative estimate of drug-likeness (QED) is 0.923. The fourth-order valence-corrected chi connectivity index (χ4v) is 2.32. The molecule has 1 aromatic heterocycles. The van der Waals surface area contributed by atoms with Gasteiger partial charge >= 0.3 is 6.18 Å². The molecule has 0 atom stereocenters. The number of fused-ring (bicyclic) bond motifs is 1. The number of aromatic nitrogens is 2. The van der Waals surface area contributed by atoms with Crippen molar-refractivity contribution in [3.63, 3.8) is 0 Å². The molecule has 3 rings (SSSR count). The van der Waals surface area contributed by atoms with E-state index in [4.69, 9.17) is 4.74 Å². The summed E-state index contributed by atoms with van der Waals surface area (Å²) in [5, 5.41) is 3.21. The third-order valence-corrected chi connectivity index (χ3v) is 3.48. The lowest BCUT2D eigenvalue weighted by Crippen LogP contribution is -2.21. The summed E-state index contributed by atoms with van der Waals surface area (Å²) in [7, 11) is 0. The van der Waals surface area contributed by atoms with Crippen LogP contribution in [0.5, 0.6) is 5.88 Å². The molecule has 2 aliphatic rings. The molecule has 1 saturated carbocycles. The predicted molar refractivity (Wildman–Crippen MR) is 65.8 cm³/mol. The van der Waals surface area contributed by atoms with E-state index in [1.54, 1.807) is 0 Å². The van der Waals surface area contributed by atoms with Crippen molar-refractivity contribution in [2.45, 2.75) is 37.8 Å². The normalized spacial score (nSPS) is 19.4. The summed E-state index contributed by atoms with van der Waals surface area (Å²) < 4.78 is 42.0. The molecule has 1 aliphatic heterocycles. The van der Waals surface area contributed by atoms with Crippen LogP contribution in [0.2, 0.25) is 0 Å². The van der Waals surface area contributed by atoms with E-state index in [0.717, 1.165) is 30.6 Å². The summed E-state index contributed by atoms with van der Waals surface area (Å²) >= 11 is 0. The summed E-state index contributed by atoms with van der Waals surface area (Å²) in [5.74, 6) is 1.06. The fourth-order valence-electron chi connectivity index (χ4n) is 2.32. The maximum Gasteiger partial charge on any atom is 0.422 e. The van der Waals surface area contributed by atoms with Gasteiger partial charge < -0.3 is 10.1 Å². The first-order valence-electron chi connectivity index (χ1n) is 6.83. The van der Waals surface area contributed by atoms with Crippen LogP contribution in [-0.4, -0.2) is 35.8 Å². The molecule has 110 valence electrons. The molecule has 4 nitrogen and oxygen atoms in total. The zero-order valence-corrected chi connectivity index (χ0v) is 11.0. The Morgan fingerprint density at radius 2 is 1.90 bits per heavy atom. The summed E-state index contributed by atoms with van der Waals surface area (Å²) in [6.07, 6.45) is -1.01. The Balaban J connectivity index is 1.90. The molecule has 1 N–H and O–H groups in total. The molecule has 1 aliphatic carbocycles. The third-order valence-electron chi connectivity index (χ3n) is 3.48. The van der Waals surface area contributed by atoms with Gasteiger partial charge in [0, 0.05) is 24.4 Å². The van der Waals surface area contributed by atoms with Gasteiger partial charge in [0.05, 0.1) is 5.69 Å². The van der Waals surface area contributed by atoms with Gasteiger partial charge in [-0.15, -0.1) is 0 Å². The van der Waals surface area contributed by atoms with Crippen molar-refractivity contribution in [1.29, 1.82) is 0 Å². The molecule has 0 aromatic carbocycles. The van der Waals surface area contributed by atoms with E-state index in [1.165, 1.54) is 0 Å². The number of nitrogens with one attached hydrogen (secondary N) is 1. The van der Waals surface area contributed by atoms with Crippen molar-refractivity contribution in [2.75, 3.05) is 19.7 Å². The maximum absolute atomic E-state index is 12.3. The molecule has 0 amide bonds. The minimum atomic E-state index is -4.35. The second kappa shape index (κ2) is 5.20. The van der Waals surface area contributed by atoms with Gasteiger partial charge in [0.2, 0.25) is 5.88 Å². The van der Waals surface area contributed by atoms with Crippen molar-refractivity contribution in [3.8, 4) is 5.88 Å². The Bertz CT molecular complexity index is 500. The highest BCUT2D eigenvalue weighted by atomic mass is 19.4. The molecule has 1 fully saturated rings. The van der Waals surface area contributed by atoms with Crippen molar-refractivity contribution in [3.05, 3.63) is 17.1 Å². The fraction of sp³-hybridized carbons (Fsp3) is 0.692. The summed E-state index contributed by atoms with van der Waals surface area (Å²) in [6.45, 7) is 0.197. The second-order valence-corrected chi connectivity index (χ2v) is 5.24. The molecule has 0 radical (unpaired) electrons. The molecule has 1 aromatic rings. The van der Waals surface area contributed by atoms with Gasteiger partial charge in [-0.2, -0.15) is 18.2 Å². The van der Waals surface area contributed by atoms with Crippen molar-refractivity contribution in [2.24, 2.45) is 0 Å². The number of rotatable bonds is 3. The number of halogens is 3. The van der Waals surface area contributed by atoms with E-state index in [-0.39, 0.29) is 5.88 Å². The Labute approximate surface area is 114 Å². The lowest BCUT2D eigenvalue weighted by atomic mass is 10.1. The molecule has 0 saturated heterocycles. The first-order chi connectivity index (χ1) is 9.53. The van der Waals surface area contributed by atoms with Gasteiger partial charge in [-0.05, 0) is 25.8 Å². The number of alkyl halides is 3. The average Bonchev–Trinajstić information content (AvgIpc) is 3.20. The highest BCUT2D eigenvalue weighted by Gasteiger charge is 2.32. The molecule has 0 spiro atoms. The highest BCUT2D eigenvalue weighted by molar-refractivity contribution is 5.34. The Kier molecular flexibility index (Phi) is 3.54. The van der Waals surface area contributed by atoms with E-state index < -0.39 is 12.8 Å².